The van der Waals surface area contributed by atoms with Crippen LogP contribution in [0.1, 0.15) is 20.3 Å². The van der Waals surface area contributed by atoms with E-state index in [0.29, 0.717) is 32.8 Å². The number of carbonyl (C=O) groups excluding carboxylic acids is 1. The zero-order chi connectivity index (χ0) is 11.7. The van der Waals surface area contributed by atoms with Crippen molar-refractivity contribution in [3.8, 4) is 0 Å². The summed E-state index contributed by atoms with van der Waals surface area (Å²) in [6.45, 7) is 5.67. The summed E-state index contributed by atoms with van der Waals surface area (Å²) in [4.78, 5) is 11.5. The maximum absolute atomic E-state index is 11.5. The highest BCUT2D eigenvalue weighted by Gasteiger charge is 2.24. The number of ether oxygens (including phenoxy) is 2. The number of hydrogen-bond acceptors (Lipinski definition) is 4. The van der Waals surface area contributed by atoms with Crippen LogP contribution in [0.15, 0.2) is 0 Å². The van der Waals surface area contributed by atoms with E-state index in [4.69, 9.17) is 15.2 Å². The molecule has 5 heteroatoms. The first-order valence-corrected chi connectivity index (χ1v) is 5.18. The lowest BCUT2D eigenvalue weighted by atomic mass is 10.00. The molecule has 0 aliphatic carbocycles. The minimum absolute atomic E-state index is 0.139. The molecule has 0 aromatic rings. The summed E-state index contributed by atoms with van der Waals surface area (Å²) in [5.41, 5.74) is 4.96. The number of nitrogens with two attached hydrogens (primary N) is 1. The van der Waals surface area contributed by atoms with E-state index >= 15 is 0 Å². The van der Waals surface area contributed by atoms with Gasteiger partial charge in [-0.1, -0.05) is 6.92 Å². The first kappa shape index (κ1) is 14.3. The van der Waals surface area contributed by atoms with Crippen molar-refractivity contribution in [2.24, 2.45) is 5.73 Å². The Morgan fingerprint density at radius 3 is 2.60 bits per heavy atom. The largest absolute Gasteiger partial charge is 0.382 e. The molecule has 15 heavy (non-hydrogen) atoms. The standard InChI is InChI=1S/C10H22N2O3/c1-4-10(2,11)9(13)12-5-6-15-8-7-14-3/h4-8,11H2,1-3H3,(H,12,13). The molecule has 0 spiro atoms. The quantitative estimate of drug-likeness (QED) is 0.558. The molecule has 0 aromatic heterocycles. The first-order valence-electron chi connectivity index (χ1n) is 5.18. The normalized spacial score (nSPS) is 14.7. The predicted octanol–water partition coefficient (Wildman–Crippen LogP) is -0.107. The lowest BCUT2D eigenvalue weighted by Gasteiger charge is -2.21. The van der Waals surface area contributed by atoms with Crippen molar-refractivity contribution in [2.75, 3.05) is 33.5 Å². The smallest absolute Gasteiger partial charge is 0.239 e. The molecule has 0 heterocycles. The maximum atomic E-state index is 11.5. The topological polar surface area (TPSA) is 73.6 Å². The number of carbonyl (C=O) groups is 1. The summed E-state index contributed by atoms with van der Waals surface area (Å²) in [5.74, 6) is -0.139. The molecule has 1 amide bonds. The molecule has 0 aromatic carbocycles. The van der Waals surface area contributed by atoms with Gasteiger partial charge in [0.2, 0.25) is 5.91 Å². The number of nitrogens with one attached hydrogen (secondary N) is 1. The molecule has 0 saturated carbocycles. The Bertz CT molecular complexity index is 184. The Kier molecular flexibility index (Phi) is 7.29. The van der Waals surface area contributed by atoms with E-state index in [-0.39, 0.29) is 5.91 Å². The van der Waals surface area contributed by atoms with Gasteiger partial charge >= 0.3 is 0 Å². The molecule has 0 rings (SSSR count). The van der Waals surface area contributed by atoms with Gasteiger partial charge in [-0.3, -0.25) is 4.79 Å². The molecule has 0 saturated heterocycles. The van der Waals surface area contributed by atoms with E-state index in [2.05, 4.69) is 5.32 Å². The summed E-state index contributed by atoms with van der Waals surface area (Å²) in [6.07, 6.45) is 0.614. The number of amides is 1. The van der Waals surface area contributed by atoms with Crippen molar-refractivity contribution < 1.29 is 14.3 Å². The van der Waals surface area contributed by atoms with Crippen molar-refractivity contribution in [3.63, 3.8) is 0 Å². The fraction of sp³-hybridized carbons (Fsp3) is 0.900. The molecule has 5 nitrogen and oxygen atoms in total. The molecule has 1 atom stereocenters. The highest BCUT2D eigenvalue weighted by Crippen LogP contribution is 2.03. The van der Waals surface area contributed by atoms with E-state index in [9.17, 15) is 4.79 Å². The van der Waals surface area contributed by atoms with Gasteiger partial charge in [-0.25, -0.2) is 0 Å². The average molecular weight is 218 g/mol. The monoisotopic (exact) mass is 218 g/mol. The second kappa shape index (κ2) is 7.62. The lowest BCUT2D eigenvalue weighted by molar-refractivity contribution is -0.126. The maximum Gasteiger partial charge on any atom is 0.239 e. The van der Waals surface area contributed by atoms with Crippen molar-refractivity contribution >= 4 is 5.91 Å². The molecule has 3 N–H and O–H groups in total. The van der Waals surface area contributed by atoms with Crippen molar-refractivity contribution in [1.29, 1.82) is 0 Å². The second-order valence-electron chi connectivity index (χ2n) is 3.63. The van der Waals surface area contributed by atoms with Gasteiger partial charge in [0.15, 0.2) is 0 Å². The van der Waals surface area contributed by atoms with Crippen LogP contribution in [0, 0.1) is 0 Å². The van der Waals surface area contributed by atoms with Crippen LogP contribution < -0.4 is 11.1 Å². The predicted molar refractivity (Wildman–Crippen MR) is 58.6 cm³/mol. The van der Waals surface area contributed by atoms with Crippen molar-refractivity contribution in [1.82, 2.24) is 5.32 Å². The number of methoxy groups -OCH3 is 1. The highest BCUT2D eigenvalue weighted by molar-refractivity contribution is 5.85. The van der Waals surface area contributed by atoms with Crippen LogP contribution in [0.5, 0.6) is 0 Å². The van der Waals surface area contributed by atoms with Gasteiger partial charge in [0.05, 0.1) is 25.4 Å². The number of rotatable bonds is 8. The van der Waals surface area contributed by atoms with Crippen LogP contribution in [-0.4, -0.2) is 44.9 Å². The molecule has 0 aliphatic heterocycles. The van der Waals surface area contributed by atoms with Crippen LogP contribution in [-0.2, 0) is 14.3 Å². The highest BCUT2D eigenvalue weighted by atomic mass is 16.5. The summed E-state index contributed by atoms with van der Waals surface area (Å²) in [6, 6.07) is 0. The van der Waals surface area contributed by atoms with Gasteiger partial charge in [-0.2, -0.15) is 0 Å². The van der Waals surface area contributed by atoms with Crippen LogP contribution in [0.3, 0.4) is 0 Å². The minimum Gasteiger partial charge on any atom is -0.382 e. The molecule has 0 bridgehead atoms. The average Bonchev–Trinajstić information content (AvgIpc) is 2.22. The first-order chi connectivity index (χ1) is 7.04. The van der Waals surface area contributed by atoms with Gasteiger partial charge < -0.3 is 20.5 Å². The van der Waals surface area contributed by atoms with Crippen LogP contribution in [0.2, 0.25) is 0 Å². The Morgan fingerprint density at radius 1 is 1.40 bits per heavy atom. The number of hydrogen-bond donors (Lipinski definition) is 2. The van der Waals surface area contributed by atoms with Crippen molar-refractivity contribution in [2.45, 2.75) is 25.8 Å². The minimum atomic E-state index is -0.785. The van der Waals surface area contributed by atoms with E-state index < -0.39 is 5.54 Å². The third-order valence-corrected chi connectivity index (χ3v) is 2.22. The summed E-state index contributed by atoms with van der Waals surface area (Å²) >= 11 is 0. The molecule has 0 fully saturated rings. The zero-order valence-electron chi connectivity index (χ0n) is 9.84. The third-order valence-electron chi connectivity index (χ3n) is 2.22. The molecule has 90 valence electrons. The van der Waals surface area contributed by atoms with E-state index in [1.54, 1.807) is 14.0 Å². The lowest BCUT2D eigenvalue weighted by Crippen LogP contribution is -2.51. The van der Waals surface area contributed by atoms with Gasteiger partial charge in [0, 0.05) is 13.7 Å². The molecular formula is C10H22N2O3. The Balaban J connectivity index is 3.47. The third kappa shape index (κ3) is 6.43. The van der Waals surface area contributed by atoms with E-state index in [0.717, 1.165) is 0 Å². The van der Waals surface area contributed by atoms with E-state index in [1.807, 2.05) is 6.92 Å². The van der Waals surface area contributed by atoms with Crippen molar-refractivity contribution in [3.05, 3.63) is 0 Å². The molecule has 0 aliphatic rings. The fourth-order valence-corrected chi connectivity index (χ4v) is 0.844. The molecule has 0 radical (unpaired) electrons. The van der Waals surface area contributed by atoms with Crippen LogP contribution in [0.25, 0.3) is 0 Å². The second-order valence-corrected chi connectivity index (χ2v) is 3.63. The van der Waals surface area contributed by atoms with Gasteiger partial charge in [-0.05, 0) is 13.3 Å². The summed E-state index contributed by atoms with van der Waals surface area (Å²) in [5, 5.41) is 2.72. The van der Waals surface area contributed by atoms with Crippen LogP contribution in [0.4, 0.5) is 0 Å². The molecule has 1 unspecified atom stereocenters. The van der Waals surface area contributed by atoms with Gasteiger partial charge in [0.1, 0.15) is 0 Å². The zero-order valence-corrected chi connectivity index (χ0v) is 9.84. The Morgan fingerprint density at radius 2 is 2.07 bits per heavy atom. The fourth-order valence-electron chi connectivity index (χ4n) is 0.844. The van der Waals surface area contributed by atoms with E-state index in [1.165, 1.54) is 0 Å². The van der Waals surface area contributed by atoms with Crippen LogP contribution >= 0.6 is 0 Å². The SMILES string of the molecule is CCC(C)(N)C(=O)NCCOCCOC. The Labute approximate surface area is 91.3 Å². The molecular weight excluding hydrogens is 196 g/mol. The summed E-state index contributed by atoms with van der Waals surface area (Å²) in [7, 11) is 1.62. The van der Waals surface area contributed by atoms with Gasteiger partial charge in [-0.15, -0.1) is 0 Å². The summed E-state index contributed by atoms with van der Waals surface area (Å²) < 4.78 is 10.00. The Hall–Kier alpha value is -0.650. The van der Waals surface area contributed by atoms with Gasteiger partial charge in [0.25, 0.3) is 0 Å².